The van der Waals surface area contributed by atoms with Crippen molar-refractivity contribution in [3.05, 3.63) is 34.9 Å². The van der Waals surface area contributed by atoms with E-state index in [-0.39, 0.29) is 0 Å². The molecule has 0 atom stereocenters. The van der Waals surface area contributed by atoms with Gasteiger partial charge in [0.05, 0.1) is 0 Å². The van der Waals surface area contributed by atoms with E-state index < -0.39 is 0 Å². The van der Waals surface area contributed by atoms with Crippen molar-refractivity contribution in [1.82, 2.24) is 5.32 Å². The van der Waals surface area contributed by atoms with Crippen LogP contribution in [0.1, 0.15) is 19.4 Å². The Balaban J connectivity index is 0.000000671. The fourth-order valence-electron chi connectivity index (χ4n) is 0.961. The van der Waals surface area contributed by atoms with Crippen LogP contribution in [0.15, 0.2) is 24.3 Å². The fraction of sp³-hybridized carbons (Fsp3) is 0.455. The van der Waals surface area contributed by atoms with Crippen molar-refractivity contribution in [2.24, 2.45) is 0 Å². The van der Waals surface area contributed by atoms with Crippen LogP contribution in [0.5, 0.6) is 0 Å². The highest BCUT2D eigenvalue weighted by Crippen LogP contribution is 2.14. The van der Waals surface area contributed by atoms with E-state index in [0.717, 1.165) is 18.0 Å². The van der Waals surface area contributed by atoms with Crippen LogP contribution in [0.25, 0.3) is 0 Å². The summed E-state index contributed by atoms with van der Waals surface area (Å²) in [6.45, 7) is 4.98. The standard InChI is InChI=1S/C9H12ClN.C2H6/c1-11-7-6-8-4-2-3-5-9(8)10;1-2/h2-5,11H,6-7H2,1H3;1-2H3. The largest absolute Gasteiger partial charge is 0.319 e. The Morgan fingerprint density at radius 2 is 1.85 bits per heavy atom. The first-order valence-electron chi connectivity index (χ1n) is 4.72. The molecule has 0 aliphatic carbocycles. The Bertz CT molecular complexity index is 223. The van der Waals surface area contributed by atoms with Crippen molar-refractivity contribution in [3.8, 4) is 0 Å². The van der Waals surface area contributed by atoms with Crippen LogP contribution in [0.4, 0.5) is 0 Å². The molecule has 0 radical (unpaired) electrons. The molecule has 0 fully saturated rings. The van der Waals surface area contributed by atoms with Crippen LogP contribution in [-0.4, -0.2) is 13.6 Å². The number of halogens is 1. The Morgan fingerprint density at radius 3 is 2.38 bits per heavy atom. The lowest BCUT2D eigenvalue weighted by molar-refractivity contribution is 0.792. The summed E-state index contributed by atoms with van der Waals surface area (Å²) >= 11 is 5.93. The van der Waals surface area contributed by atoms with E-state index >= 15 is 0 Å². The van der Waals surface area contributed by atoms with Crippen molar-refractivity contribution >= 4 is 11.6 Å². The average Bonchev–Trinajstić information content (AvgIpc) is 2.20. The lowest BCUT2D eigenvalue weighted by Gasteiger charge is -2.01. The lowest BCUT2D eigenvalue weighted by Crippen LogP contribution is -2.10. The van der Waals surface area contributed by atoms with E-state index in [1.807, 2.05) is 39.1 Å². The van der Waals surface area contributed by atoms with Crippen LogP contribution in [0.2, 0.25) is 5.02 Å². The van der Waals surface area contributed by atoms with Crippen molar-refractivity contribution in [2.45, 2.75) is 20.3 Å². The summed E-state index contributed by atoms with van der Waals surface area (Å²) in [5.74, 6) is 0. The summed E-state index contributed by atoms with van der Waals surface area (Å²) in [5, 5.41) is 3.95. The second-order valence-electron chi connectivity index (χ2n) is 2.44. The van der Waals surface area contributed by atoms with Gasteiger partial charge in [0.2, 0.25) is 0 Å². The Hall–Kier alpha value is -0.530. The number of hydrogen-bond acceptors (Lipinski definition) is 1. The summed E-state index contributed by atoms with van der Waals surface area (Å²) in [6, 6.07) is 7.94. The molecule has 13 heavy (non-hydrogen) atoms. The molecule has 1 aromatic rings. The molecule has 74 valence electrons. The normalized spacial score (nSPS) is 8.92. The van der Waals surface area contributed by atoms with E-state index in [4.69, 9.17) is 11.6 Å². The van der Waals surface area contributed by atoms with Gasteiger partial charge >= 0.3 is 0 Å². The molecule has 0 aromatic heterocycles. The van der Waals surface area contributed by atoms with Gasteiger partial charge in [-0.05, 0) is 31.6 Å². The minimum absolute atomic E-state index is 0.864. The zero-order valence-electron chi connectivity index (χ0n) is 8.60. The minimum Gasteiger partial charge on any atom is -0.319 e. The SMILES string of the molecule is CC.CNCCc1ccccc1Cl. The first-order chi connectivity index (χ1) is 6.34. The monoisotopic (exact) mass is 199 g/mol. The van der Waals surface area contributed by atoms with Crippen molar-refractivity contribution in [2.75, 3.05) is 13.6 Å². The average molecular weight is 200 g/mol. The third kappa shape index (κ3) is 4.91. The maximum Gasteiger partial charge on any atom is 0.0438 e. The van der Waals surface area contributed by atoms with Gasteiger partial charge in [-0.15, -0.1) is 0 Å². The number of likely N-dealkylation sites (N-methyl/N-ethyl adjacent to an activating group) is 1. The van der Waals surface area contributed by atoms with Crippen LogP contribution < -0.4 is 5.32 Å². The highest BCUT2D eigenvalue weighted by Gasteiger charge is 1.95. The third-order valence-corrected chi connectivity index (χ3v) is 1.97. The number of nitrogens with one attached hydrogen (secondary N) is 1. The summed E-state index contributed by atoms with van der Waals surface area (Å²) in [5.41, 5.74) is 1.21. The van der Waals surface area contributed by atoms with E-state index in [1.54, 1.807) is 0 Å². The van der Waals surface area contributed by atoms with Gasteiger partial charge in [0, 0.05) is 5.02 Å². The molecule has 0 unspecified atom stereocenters. The summed E-state index contributed by atoms with van der Waals surface area (Å²) in [4.78, 5) is 0. The number of benzene rings is 1. The quantitative estimate of drug-likeness (QED) is 0.789. The van der Waals surface area contributed by atoms with Gasteiger partial charge in [0.1, 0.15) is 0 Å². The van der Waals surface area contributed by atoms with Crippen LogP contribution in [0.3, 0.4) is 0 Å². The van der Waals surface area contributed by atoms with Gasteiger partial charge in [0.25, 0.3) is 0 Å². The van der Waals surface area contributed by atoms with E-state index in [9.17, 15) is 0 Å². The Morgan fingerprint density at radius 1 is 1.23 bits per heavy atom. The molecule has 1 nitrogen and oxygen atoms in total. The fourth-order valence-corrected chi connectivity index (χ4v) is 1.19. The molecule has 0 saturated heterocycles. The maximum absolute atomic E-state index is 5.93. The van der Waals surface area contributed by atoms with Gasteiger partial charge < -0.3 is 5.32 Å². The molecular weight excluding hydrogens is 182 g/mol. The van der Waals surface area contributed by atoms with E-state index in [1.165, 1.54) is 5.56 Å². The van der Waals surface area contributed by atoms with Crippen LogP contribution in [0, 0.1) is 0 Å². The molecule has 0 aliphatic heterocycles. The lowest BCUT2D eigenvalue weighted by atomic mass is 10.1. The second kappa shape index (κ2) is 8.09. The molecule has 0 bridgehead atoms. The highest BCUT2D eigenvalue weighted by molar-refractivity contribution is 6.31. The number of hydrogen-bond donors (Lipinski definition) is 1. The molecule has 0 spiro atoms. The van der Waals surface area contributed by atoms with E-state index in [0.29, 0.717) is 0 Å². The highest BCUT2D eigenvalue weighted by atomic mass is 35.5. The van der Waals surface area contributed by atoms with Gasteiger partial charge in [-0.25, -0.2) is 0 Å². The molecular formula is C11H18ClN. The van der Waals surface area contributed by atoms with Gasteiger partial charge in [-0.2, -0.15) is 0 Å². The second-order valence-corrected chi connectivity index (χ2v) is 2.85. The summed E-state index contributed by atoms with van der Waals surface area (Å²) in [7, 11) is 1.94. The zero-order valence-corrected chi connectivity index (χ0v) is 9.36. The van der Waals surface area contributed by atoms with Crippen molar-refractivity contribution in [1.29, 1.82) is 0 Å². The van der Waals surface area contributed by atoms with Gasteiger partial charge in [-0.3, -0.25) is 0 Å². The predicted molar refractivity (Wildman–Crippen MR) is 60.4 cm³/mol. The van der Waals surface area contributed by atoms with Crippen molar-refractivity contribution < 1.29 is 0 Å². The molecule has 1 aromatic carbocycles. The van der Waals surface area contributed by atoms with Gasteiger partial charge in [-0.1, -0.05) is 43.6 Å². The Labute approximate surface area is 86.1 Å². The summed E-state index contributed by atoms with van der Waals surface area (Å²) < 4.78 is 0. The molecule has 0 heterocycles. The first kappa shape index (κ1) is 12.5. The predicted octanol–water partition coefficient (Wildman–Crippen LogP) is 3.13. The molecule has 1 rings (SSSR count). The van der Waals surface area contributed by atoms with Crippen molar-refractivity contribution in [3.63, 3.8) is 0 Å². The molecule has 0 aliphatic rings. The maximum atomic E-state index is 5.93. The smallest absolute Gasteiger partial charge is 0.0438 e. The zero-order chi connectivity index (χ0) is 10.1. The topological polar surface area (TPSA) is 12.0 Å². The van der Waals surface area contributed by atoms with Crippen LogP contribution in [-0.2, 0) is 6.42 Å². The van der Waals surface area contributed by atoms with E-state index in [2.05, 4.69) is 11.4 Å². The minimum atomic E-state index is 0.864. The molecule has 2 heteroatoms. The molecule has 0 amide bonds. The first-order valence-corrected chi connectivity index (χ1v) is 5.10. The summed E-state index contributed by atoms with van der Waals surface area (Å²) in [6.07, 6.45) is 0.996. The molecule has 1 N–H and O–H groups in total. The van der Waals surface area contributed by atoms with Gasteiger partial charge in [0.15, 0.2) is 0 Å². The number of rotatable bonds is 3. The van der Waals surface area contributed by atoms with Crippen LogP contribution >= 0.6 is 11.6 Å². The Kier molecular flexibility index (Phi) is 7.76. The third-order valence-electron chi connectivity index (χ3n) is 1.60. The molecule has 0 saturated carbocycles.